The molecule has 1 aliphatic rings. The average molecular weight is 517 g/mol. The van der Waals surface area contributed by atoms with E-state index in [0.29, 0.717) is 3.17 Å². The first-order valence-electron chi connectivity index (χ1n) is 6.17. The van der Waals surface area contributed by atoms with Gasteiger partial charge in [-0.05, 0) is 0 Å². The first-order valence-corrected chi connectivity index (χ1v) is 12.5. The van der Waals surface area contributed by atoms with E-state index in [0.717, 1.165) is 3.67 Å². The number of rotatable bonds is 4. The number of hydrogen-bond acceptors (Lipinski definition) is 0. The number of fused-ring (bicyclic) bond motifs is 1. The van der Waals surface area contributed by atoms with E-state index in [9.17, 15) is 0 Å². The third-order valence-electron chi connectivity index (χ3n) is 3.06. The van der Waals surface area contributed by atoms with Gasteiger partial charge in [0.25, 0.3) is 0 Å². The first kappa shape index (κ1) is 23.4. The summed E-state index contributed by atoms with van der Waals surface area (Å²) >= 11 is -0.660. The fourth-order valence-corrected chi connectivity index (χ4v) is 13.9. The largest absolute Gasteiger partial charge is 1.00 e. The molecule has 1 aromatic rings. The van der Waals surface area contributed by atoms with Gasteiger partial charge in [-0.1, -0.05) is 0 Å². The normalized spacial score (nSPS) is 15.6. The van der Waals surface area contributed by atoms with Gasteiger partial charge < -0.3 is 37.2 Å². The molecule has 0 nitrogen and oxygen atoms in total. The average Bonchev–Trinajstić information content (AvgIpc) is 2.59. The maximum absolute atomic E-state index is 2.51. The molecule has 111 valence electrons. The molecular formula is C15H21Cl3HfP. The van der Waals surface area contributed by atoms with Gasteiger partial charge in [0.2, 0.25) is 0 Å². The van der Waals surface area contributed by atoms with Crippen LogP contribution in [0.15, 0.2) is 30.3 Å². The van der Waals surface area contributed by atoms with Gasteiger partial charge in [0.1, 0.15) is 0 Å². The smallest absolute Gasteiger partial charge is 1.00 e. The summed E-state index contributed by atoms with van der Waals surface area (Å²) in [4.78, 5) is 0. The van der Waals surface area contributed by atoms with Crippen LogP contribution in [0, 0.1) is 0 Å². The zero-order valence-corrected chi connectivity index (χ0v) is 19.1. The van der Waals surface area contributed by atoms with Crippen LogP contribution in [-0.4, -0.2) is 19.5 Å². The number of halogens is 3. The molecule has 0 aliphatic heterocycles. The van der Waals surface area contributed by atoms with E-state index >= 15 is 0 Å². The third-order valence-corrected chi connectivity index (χ3v) is 11.9. The van der Waals surface area contributed by atoms with E-state index in [-0.39, 0.29) is 45.1 Å². The zero-order valence-electron chi connectivity index (χ0n) is 12.3. The van der Waals surface area contributed by atoms with Crippen LogP contribution in [0.3, 0.4) is 0 Å². The van der Waals surface area contributed by atoms with E-state index in [1.807, 2.05) is 0 Å². The molecule has 20 heavy (non-hydrogen) atoms. The molecule has 0 bridgehead atoms. The molecule has 1 unspecified atom stereocenters. The minimum atomic E-state index is -0.660. The van der Waals surface area contributed by atoms with Gasteiger partial charge in [0.05, 0.1) is 0 Å². The summed E-state index contributed by atoms with van der Waals surface area (Å²) in [6.07, 6.45) is 6.27. The molecule has 0 N–H and O–H groups in total. The fraction of sp³-hybridized carbons (Fsp3) is 0.467. The van der Waals surface area contributed by atoms with Crippen molar-refractivity contribution in [3.63, 3.8) is 0 Å². The topological polar surface area (TPSA) is 0 Å². The molecule has 0 amide bonds. The monoisotopic (exact) mass is 517 g/mol. The second-order valence-electron chi connectivity index (χ2n) is 5.73. The van der Waals surface area contributed by atoms with Crippen molar-refractivity contribution in [1.29, 1.82) is 0 Å². The molecule has 0 heterocycles. The Balaban J connectivity index is 0. The quantitative estimate of drug-likeness (QED) is 0.281. The Kier molecular flexibility index (Phi) is 11.7. The summed E-state index contributed by atoms with van der Waals surface area (Å²) in [5.41, 5.74) is 3.08. The Hall–Kier alpha value is 1.13. The molecule has 0 spiro atoms. The zero-order chi connectivity index (χ0) is 12.5. The Labute approximate surface area is 154 Å². The summed E-state index contributed by atoms with van der Waals surface area (Å²) in [7, 11) is 0.249. The Bertz CT molecular complexity index is 433. The summed E-state index contributed by atoms with van der Waals surface area (Å²) in [5, 5.41) is 0. The standard InChI is InChI=1S/C9H7.C6H14P.3ClH.Hf/c1-2-5-9-7-3-6-8(9)4-1;1-6(2)5-7(3)4;;;;/h1-7H;5H2,1-4H3;3*1H;/q;;;;;+3/p-3. The van der Waals surface area contributed by atoms with E-state index in [1.165, 1.54) is 11.7 Å². The van der Waals surface area contributed by atoms with Crippen LogP contribution in [0.4, 0.5) is 0 Å². The maximum Gasteiger partial charge on any atom is -1.00 e. The summed E-state index contributed by atoms with van der Waals surface area (Å²) in [5.74, 6) is 0. The molecule has 0 aromatic heterocycles. The van der Waals surface area contributed by atoms with Crippen LogP contribution >= 0.6 is 7.92 Å². The predicted octanol–water partition coefficient (Wildman–Crippen LogP) is -4.21. The fourth-order valence-electron chi connectivity index (χ4n) is 2.63. The predicted molar refractivity (Wildman–Crippen MR) is 75.9 cm³/mol. The second kappa shape index (κ2) is 10.0. The summed E-state index contributed by atoms with van der Waals surface area (Å²) in [6.45, 7) is 9.85. The molecule has 0 radical (unpaired) electrons. The van der Waals surface area contributed by atoms with Gasteiger partial charge in [0.15, 0.2) is 0 Å². The van der Waals surface area contributed by atoms with Crippen LogP contribution in [0.2, 0.25) is 3.17 Å². The van der Waals surface area contributed by atoms with E-state index in [4.69, 9.17) is 0 Å². The van der Waals surface area contributed by atoms with Gasteiger partial charge in [-0.15, -0.1) is 0 Å². The Morgan fingerprint density at radius 1 is 1.10 bits per heavy atom. The van der Waals surface area contributed by atoms with Gasteiger partial charge in [0, 0.05) is 0 Å². The molecule has 0 saturated heterocycles. The summed E-state index contributed by atoms with van der Waals surface area (Å²) < 4.78 is 1.48. The molecule has 0 saturated carbocycles. The SMILES string of the molecule is CP(C)C[C](C)(C)[Hf+3][CH]1C=Cc2ccccc21.[Cl-].[Cl-].[Cl-]. The van der Waals surface area contributed by atoms with Gasteiger partial charge >= 0.3 is 119 Å². The van der Waals surface area contributed by atoms with Crippen LogP contribution in [0.5, 0.6) is 0 Å². The van der Waals surface area contributed by atoms with Crippen LogP contribution in [-0.2, 0) is 22.9 Å². The van der Waals surface area contributed by atoms with Crippen LogP contribution in [0.25, 0.3) is 6.08 Å². The van der Waals surface area contributed by atoms with Crippen molar-refractivity contribution in [3.05, 3.63) is 41.5 Å². The van der Waals surface area contributed by atoms with Crippen molar-refractivity contribution >= 4 is 14.0 Å². The van der Waals surface area contributed by atoms with Crippen LogP contribution < -0.4 is 37.2 Å². The molecule has 2 rings (SSSR count). The maximum atomic E-state index is 2.51. The molecule has 0 fully saturated rings. The minimum absolute atomic E-state index is 0. The van der Waals surface area contributed by atoms with Crippen molar-refractivity contribution in [1.82, 2.24) is 0 Å². The van der Waals surface area contributed by atoms with Crippen molar-refractivity contribution in [2.45, 2.75) is 20.7 Å². The van der Waals surface area contributed by atoms with E-state index in [1.54, 1.807) is 5.56 Å². The number of hydrogen-bond donors (Lipinski definition) is 0. The van der Waals surface area contributed by atoms with Gasteiger partial charge in [-0.3, -0.25) is 0 Å². The van der Waals surface area contributed by atoms with Crippen molar-refractivity contribution < 1.29 is 60.1 Å². The van der Waals surface area contributed by atoms with Crippen molar-refractivity contribution in [2.75, 3.05) is 19.5 Å². The number of benzene rings is 1. The van der Waals surface area contributed by atoms with E-state index in [2.05, 4.69) is 63.6 Å². The van der Waals surface area contributed by atoms with Gasteiger partial charge in [-0.2, -0.15) is 0 Å². The van der Waals surface area contributed by atoms with E-state index < -0.39 is 22.9 Å². The number of allylic oxidation sites excluding steroid dienone is 1. The minimum Gasteiger partial charge on any atom is -1.00 e. The molecule has 5 heteroatoms. The van der Waals surface area contributed by atoms with Crippen molar-refractivity contribution in [3.8, 4) is 0 Å². The summed E-state index contributed by atoms with van der Waals surface area (Å²) in [6, 6.07) is 8.95. The first-order chi connectivity index (χ1) is 7.98. The molecular weight excluding hydrogens is 496 g/mol. The second-order valence-corrected chi connectivity index (χ2v) is 16.3. The molecule has 1 aliphatic carbocycles. The van der Waals surface area contributed by atoms with Gasteiger partial charge in [-0.25, -0.2) is 0 Å². The molecule has 1 aromatic carbocycles. The third kappa shape index (κ3) is 6.49. The molecule has 1 atom stereocenters. The van der Waals surface area contributed by atoms with Crippen molar-refractivity contribution in [2.24, 2.45) is 0 Å². The Morgan fingerprint density at radius 3 is 2.30 bits per heavy atom. The van der Waals surface area contributed by atoms with Crippen LogP contribution in [0.1, 0.15) is 28.6 Å². The Morgan fingerprint density at radius 2 is 1.70 bits per heavy atom.